The minimum atomic E-state index is -0.273. The highest BCUT2D eigenvalue weighted by atomic mass is 16.5. The molecule has 0 aliphatic carbocycles. The number of rotatable bonds is 2. The summed E-state index contributed by atoms with van der Waals surface area (Å²) in [6.45, 7) is 12.1. The van der Waals surface area contributed by atoms with Crippen molar-refractivity contribution in [1.29, 1.82) is 0 Å². The SMILES string of the molecule is CC(C)(C)c1cc(Oc2cc(O)ccc2O)cc(C(C)(C)C)c1O. The Morgan fingerprint density at radius 2 is 1.25 bits per heavy atom. The molecule has 0 saturated heterocycles. The summed E-state index contributed by atoms with van der Waals surface area (Å²) in [4.78, 5) is 0. The van der Waals surface area contributed by atoms with Gasteiger partial charge in [-0.1, -0.05) is 41.5 Å². The van der Waals surface area contributed by atoms with Gasteiger partial charge < -0.3 is 20.1 Å². The van der Waals surface area contributed by atoms with Gasteiger partial charge >= 0.3 is 0 Å². The lowest BCUT2D eigenvalue weighted by Gasteiger charge is -2.28. The van der Waals surface area contributed by atoms with Crippen molar-refractivity contribution in [2.24, 2.45) is 0 Å². The van der Waals surface area contributed by atoms with Gasteiger partial charge in [0.05, 0.1) is 0 Å². The number of aromatic hydroxyl groups is 3. The van der Waals surface area contributed by atoms with Crippen molar-refractivity contribution in [3.05, 3.63) is 41.5 Å². The van der Waals surface area contributed by atoms with Gasteiger partial charge in [-0.25, -0.2) is 0 Å². The van der Waals surface area contributed by atoms with Crippen LogP contribution in [0.2, 0.25) is 0 Å². The predicted octanol–water partition coefficient (Wildman–Crippen LogP) is 5.19. The van der Waals surface area contributed by atoms with Crippen LogP contribution in [0.5, 0.6) is 28.7 Å². The number of benzene rings is 2. The summed E-state index contributed by atoms with van der Waals surface area (Å²) in [6, 6.07) is 7.67. The van der Waals surface area contributed by atoms with Crippen LogP contribution >= 0.6 is 0 Å². The maximum Gasteiger partial charge on any atom is 0.172 e. The van der Waals surface area contributed by atoms with Gasteiger partial charge in [0.15, 0.2) is 11.5 Å². The molecule has 2 aromatic carbocycles. The third-order valence-corrected chi connectivity index (χ3v) is 3.87. The molecule has 0 aliphatic rings. The van der Waals surface area contributed by atoms with Crippen LogP contribution < -0.4 is 4.74 Å². The largest absolute Gasteiger partial charge is 0.508 e. The molecule has 3 N–H and O–H groups in total. The van der Waals surface area contributed by atoms with E-state index in [1.807, 2.05) is 41.5 Å². The Hall–Kier alpha value is -2.36. The highest BCUT2D eigenvalue weighted by Crippen LogP contribution is 2.43. The van der Waals surface area contributed by atoms with Gasteiger partial charge in [0.25, 0.3) is 0 Å². The zero-order valence-electron chi connectivity index (χ0n) is 15.1. The molecule has 0 heterocycles. The van der Waals surface area contributed by atoms with Crippen LogP contribution in [0.15, 0.2) is 30.3 Å². The Balaban J connectivity index is 2.60. The van der Waals surface area contributed by atoms with E-state index in [-0.39, 0.29) is 33.8 Å². The van der Waals surface area contributed by atoms with Gasteiger partial charge in [-0.05, 0) is 35.1 Å². The van der Waals surface area contributed by atoms with E-state index in [4.69, 9.17) is 4.74 Å². The molecule has 0 amide bonds. The van der Waals surface area contributed by atoms with E-state index in [1.54, 1.807) is 12.1 Å². The molecule has 0 bridgehead atoms. The Labute approximate surface area is 143 Å². The molecule has 130 valence electrons. The molecular weight excluding hydrogens is 304 g/mol. The fraction of sp³-hybridized carbons (Fsp3) is 0.400. The monoisotopic (exact) mass is 330 g/mol. The van der Waals surface area contributed by atoms with Crippen LogP contribution in [0.25, 0.3) is 0 Å². The second kappa shape index (κ2) is 5.93. The highest BCUT2D eigenvalue weighted by Gasteiger charge is 2.27. The molecule has 0 spiro atoms. The maximum absolute atomic E-state index is 10.7. The zero-order valence-corrected chi connectivity index (χ0v) is 15.1. The lowest BCUT2D eigenvalue weighted by molar-refractivity contribution is 0.395. The highest BCUT2D eigenvalue weighted by molar-refractivity contribution is 5.54. The minimum absolute atomic E-state index is 0.00803. The summed E-state index contributed by atoms with van der Waals surface area (Å²) < 4.78 is 5.80. The number of phenolic OH excluding ortho intramolecular Hbond substituents is 3. The van der Waals surface area contributed by atoms with E-state index < -0.39 is 0 Å². The fourth-order valence-electron chi connectivity index (χ4n) is 2.52. The lowest BCUT2D eigenvalue weighted by atomic mass is 9.79. The van der Waals surface area contributed by atoms with E-state index in [2.05, 4.69) is 0 Å². The summed E-state index contributed by atoms with van der Waals surface area (Å²) in [6.07, 6.45) is 0. The Morgan fingerprint density at radius 3 is 1.71 bits per heavy atom. The summed E-state index contributed by atoms with van der Waals surface area (Å²) in [5.74, 6) is 0.885. The van der Waals surface area contributed by atoms with E-state index in [9.17, 15) is 15.3 Å². The van der Waals surface area contributed by atoms with Crippen molar-refractivity contribution in [2.45, 2.75) is 52.4 Å². The van der Waals surface area contributed by atoms with Crippen LogP contribution in [0.4, 0.5) is 0 Å². The van der Waals surface area contributed by atoms with E-state index in [0.717, 1.165) is 11.1 Å². The van der Waals surface area contributed by atoms with Gasteiger partial charge in [0.2, 0.25) is 0 Å². The van der Waals surface area contributed by atoms with Gasteiger partial charge in [-0.15, -0.1) is 0 Å². The fourth-order valence-corrected chi connectivity index (χ4v) is 2.52. The van der Waals surface area contributed by atoms with Crippen LogP contribution in [-0.4, -0.2) is 15.3 Å². The van der Waals surface area contributed by atoms with E-state index in [0.29, 0.717) is 5.75 Å². The molecular formula is C20H26O4. The molecule has 0 aliphatic heterocycles. The van der Waals surface area contributed by atoms with Crippen molar-refractivity contribution >= 4 is 0 Å². The summed E-state index contributed by atoms with van der Waals surface area (Å²) in [5.41, 5.74) is 0.989. The topological polar surface area (TPSA) is 69.9 Å². The van der Waals surface area contributed by atoms with Crippen LogP contribution in [-0.2, 0) is 10.8 Å². The molecule has 2 rings (SSSR count). The zero-order chi connectivity index (χ0) is 18.3. The molecule has 4 heteroatoms. The van der Waals surface area contributed by atoms with Gasteiger partial charge in [-0.3, -0.25) is 0 Å². The molecule has 2 aromatic rings. The number of phenols is 3. The Morgan fingerprint density at radius 1 is 0.750 bits per heavy atom. The average molecular weight is 330 g/mol. The quantitative estimate of drug-likeness (QED) is 0.663. The molecule has 0 aromatic heterocycles. The van der Waals surface area contributed by atoms with Crippen molar-refractivity contribution in [1.82, 2.24) is 0 Å². The van der Waals surface area contributed by atoms with Crippen LogP contribution in [0.1, 0.15) is 52.7 Å². The molecule has 0 radical (unpaired) electrons. The molecule has 24 heavy (non-hydrogen) atoms. The molecule has 0 saturated carbocycles. The van der Waals surface area contributed by atoms with Crippen molar-refractivity contribution in [2.75, 3.05) is 0 Å². The third-order valence-electron chi connectivity index (χ3n) is 3.87. The standard InChI is InChI=1S/C20H26O4/c1-19(2,3)14-10-13(11-15(18(14)23)20(4,5)6)24-17-9-12(21)7-8-16(17)22/h7-11,21-23H,1-6H3. The van der Waals surface area contributed by atoms with Gasteiger partial charge in [0.1, 0.15) is 17.2 Å². The maximum atomic E-state index is 10.7. The number of hydrogen-bond acceptors (Lipinski definition) is 4. The predicted molar refractivity (Wildman–Crippen MR) is 95.4 cm³/mol. The summed E-state index contributed by atoms with van der Waals surface area (Å²) >= 11 is 0. The van der Waals surface area contributed by atoms with Crippen molar-refractivity contribution < 1.29 is 20.1 Å². The van der Waals surface area contributed by atoms with Gasteiger partial charge in [-0.2, -0.15) is 0 Å². The molecule has 4 nitrogen and oxygen atoms in total. The number of ether oxygens (including phenoxy) is 1. The normalized spacial score (nSPS) is 12.2. The van der Waals surface area contributed by atoms with Crippen molar-refractivity contribution in [3.8, 4) is 28.7 Å². The molecule has 0 atom stereocenters. The summed E-state index contributed by atoms with van der Waals surface area (Å²) in [7, 11) is 0. The first kappa shape index (κ1) is 18.0. The minimum Gasteiger partial charge on any atom is -0.508 e. The van der Waals surface area contributed by atoms with Crippen LogP contribution in [0.3, 0.4) is 0 Å². The van der Waals surface area contributed by atoms with E-state index in [1.165, 1.54) is 18.2 Å². The Kier molecular flexibility index (Phi) is 4.44. The average Bonchev–Trinajstić information content (AvgIpc) is 2.42. The van der Waals surface area contributed by atoms with Crippen LogP contribution in [0, 0.1) is 0 Å². The van der Waals surface area contributed by atoms with Crippen molar-refractivity contribution in [3.63, 3.8) is 0 Å². The second-order valence-corrected chi connectivity index (χ2v) is 8.12. The molecule has 0 unspecified atom stereocenters. The number of hydrogen-bond donors (Lipinski definition) is 3. The first-order valence-electron chi connectivity index (χ1n) is 7.97. The Bertz CT molecular complexity index is 714. The lowest BCUT2D eigenvalue weighted by Crippen LogP contribution is -2.17. The first-order chi connectivity index (χ1) is 10.9. The van der Waals surface area contributed by atoms with Gasteiger partial charge in [0, 0.05) is 17.2 Å². The first-order valence-corrected chi connectivity index (χ1v) is 7.97. The smallest absolute Gasteiger partial charge is 0.172 e. The summed E-state index contributed by atoms with van der Waals surface area (Å²) in [5, 5.41) is 30.2. The van der Waals surface area contributed by atoms with E-state index >= 15 is 0 Å². The second-order valence-electron chi connectivity index (χ2n) is 8.12. The third kappa shape index (κ3) is 3.75. The molecule has 0 fully saturated rings.